The maximum atomic E-state index is 12.3. The van der Waals surface area contributed by atoms with Gasteiger partial charge < -0.3 is 4.90 Å². The van der Waals surface area contributed by atoms with E-state index < -0.39 is 0 Å². The zero-order valence-electron chi connectivity index (χ0n) is 12.6. The Labute approximate surface area is 129 Å². The molecule has 0 unspecified atom stereocenters. The zero-order valence-corrected chi connectivity index (χ0v) is 12.6. The minimum absolute atomic E-state index is 0.189. The van der Waals surface area contributed by atoms with Gasteiger partial charge in [-0.1, -0.05) is 5.21 Å². The summed E-state index contributed by atoms with van der Waals surface area (Å²) >= 11 is 0. The number of piperidine rings is 1. The minimum Gasteiger partial charge on any atom is -0.343 e. The van der Waals surface area contributed by atoms with Crippen LogP contribution >= 0.6 is 0 Å². The minimum atomic E-state index is -0.360. The Bertz CT molecular complexity index is 574. The smallest absolute Gasteiger partial charge is 0.222 e. The van der Waals surface area contributed by atoms with Gasteiger partial charge >= 0.3 is 0 Å². The molecule has 1 aromatic heterocycles. The number of rotatable bonds is 6. The predicted octanol–water partition coefficient (Wildman–Crippen LogP) is 1.80. The van der Waals surface area contributed by atoms with E-state index in [0.29, 0.717) is 25.3 Å². The number of carbonyl (C=O) groups excluding carboxylic acids is 1. The largest absolute Gasteiger partial charge is 0.343 e. The van der Waals surface area contributed by atoms with Crippen molar-refractivity contribution in [3.8, 4) is 12.3 Å². The van der Waals surface area contributed by atoms with E-state index >= 15 is 0 Å². The predicted molar refractivity (Wildman–Crippen MR) is 79.8 cm³/mol. The second kappa shape index (κ2) is 6.26. The summed E-state index contributed by atoms with van der Waals surface area (Å²) < 4.78 is 1.89. The Morgan fingerprint density at radius 1 is 1.32 bits per heavy atom. The van der Waals surface area contributed by atoms with Gasteiger partial charge in [0.15, 0.2) is 5.66 Å². The van der Waals surface area contributed by atoms with Crippen molar-refractivity contribution >= 4 is 5.91 Å². The topological polar surface area (TPSA) is 75.7 Å². The number of aromatic nitrogens is 3. The fraction of sp³-hybridized carbons (Fsp3) is 0.667. The van der Waals surface area contributed by atoms with Crippen molar-refractivity contribution in [3.63, 3.8) is 0 Å². The van der Waals surface area contributed by atoms with Crippen LogP contribution in [0.4, 0.5) is 0 Å². The summed E-state index contributed by atoms with van der Waals surface area (Å²) in [7, 11) is 0. The third kappa shape index (κ3) is 3.32. The Hall–Kier alpha value is -2.23. The number of nitrogens with zero attached hydrogens (tertiary/aromatic N) is 6. The van der Waals surface area contributed by atoms with Crippen LogP contribution in [-0.2, 0) is 4.79 Å². The molecule has 0 saturated carbocycles. The Kier molecular flexibility index (Phi) is 4.18. The Balaban J connectivity index is 1.42. The molecule has 0 atom stereocenters. The monoisotopic (exact) mass is 300 g/mol. The van der Waals surface area contributed by atoms with Crippen molar-refractivity contribution in [2.24, 2.45) is 10.2 Å². The normalized spacial score (nSPS) is 19.9. The number of hydrogen-bond donors (Lipinski definition) is 0. The van der Waals surface area contributed by atoms with Gasteiger partial charge in [-0.15, -0.1) is 17.4 Å². The van der Waals surface area contributed by atoms with Crippen molar-refractivity contribution in [3.05, 3.63) is 12.4 Å². The van der Waals surface area contributed by atoms with E-state index in [2.05, 4.69) is 26.5 Å². The third-order valence-corrected chi connectivity index (χ3v) is 4.42. The lowest BCUT2D eigenvalue weighted by Crippen LogP contribution is -2.39. The van der Waals surface area contributed by atoms with Crippen molar-refractivity contribution in [2.45, 2.75) is 50.2 Å². The van der Waals surface area contributed by atoms with Gasteiger partial charge in [0.1, 0.15) is 0 Å². The van der Waals surface area contributed by atoms with Crippen molar-refractivity contribution in [1.29, 1.82) is 0 Å². The van der Waals surface area contributed by atoms with Crippen LogP contribution in [-0.4, -0.2) is 44.6 Å². The number of carbonyl (C=O) groups is 1. The highest BCUT2D eigenvalue weighted by Gasteiger charge is 2.39. The lowest BCUT2D eigenvalue weighted by molar-refractivity contribution is -0.132. The van der Waals surface area contributed by atoms with Crippen LogP contribution in [0.3, 0.4) is 0 Å². The highest BCUT2D eigenvalue weighted by Crippen LogP contribution is 2.37. The summed E-state index contributed by atoms with van der Waals surface area (Å²) in [5, 5.41) is 16.0. The summed E-state index contributed by atoms with van der Waals surface area (Å²) in [6.45, 7) is 1.55. The molecular formula is C15H20N6O. The lowest BCUT2D eigenvalue weighted by Gasteiger charge is -2.32. The van der Waals surface area contributed by atoms with E-state index in [9.17, 15) is 4.79 Å². The molecule has 2 aliphatic heterocycles. The fourth-order valence-electron chi connectivity index (χ4n) is 2.93. The summed E-state index contributed by atoms with van der Waals surface area (Å²) in [4.78, 5) is 14.2. The standard InChI is InChI=1S/C15H20N6O/c1-2-3-7-15(17-18-15)8-4-14(22)20-10-5-13(6-11-20)21-12-9-16-19-21/h1,9,12-13H,3-8,10-11H2. The molecule has 7 heteroatoms. The number of likely N-dealkylation sites (tertiary alicyclic amines) is 1. The Morgan fingerprint density at radius 3 is 2.68 bits per heavy atom. The van der Waals surface area contributed by atoms with Crippen molar-refractivity contribution < 1.29 is 4.79 Å². The molecule has 0 aliphatic carbocycles. The number of amides is 1. The van der Waals surface area contributed by atoms with Gasteiger partial charge in [0.25, 0.3) is 0 Å². The highest BCUT2D eigenvalue weighted by molar-refractivity contribution is 5.76. The van der Waals surface area contributed by atoms with Crippen molar-refractivity contribution in [2.75, 3.05) is 13.1 Å². The first-order valence-electron chi connectivity index (χ1n) is 7.73. The number of terminal acetylenes is 1. The van der Waals surface area contributed by atoms with E-state index in [1.54, 1.807) is 6.20 Å². The second-order valence-electron chi connectivity index (χ2n) is 5.88. The molecule has 0 spiro atoms. The zero-order chi connectivity index (χ0) is 15.4. The molecule has 0 bridgehead atoms. The molecule has 0 radical (unpaired) electrons. The lowest BCUT2D eigenvalue weighted by atomic mass is 10.0. The SMILES string of the molecule is C#CCCC1(CCC(=O)N2CCC(n3ccnn3)CC2)N=N1. The van der Waals surface area contributed by atoms with Gasteiger partial charge in [0, 0.05) is 45.0 Å². The van der Waals surface area contributed by atoms with Gasteiger partial charge in [0.2, 0.25) is 5.91 Å². The molecule has 1 saturated heterocycles. The molecule has 1 fully saturated rings. The van der Waals surface area contributed by atoms with E-state index in [1.165, 1.54) is 0 Å². The molecule has 116 valence electrons. The first kappa shape index (κ1) is 14.7. The second-order valence-corrected chi connectivity index (χ2v) is 5.88. The first-order chi connectivity index (χ1) is 10.7. The van der Waals surface area contributed by atoms with E-state index in [1.807, 2.05) is 15.8 Å². The van der Waals surface area contributed by atoms with E-state index in [4.69, 9.17) is 6.42 Å². The van der Waals surface area contributed by atoms with Gasteiger partial charge in [-0.2, -0.15) is 10.2 Å². The van der Waals surface area contributed by atoms with Crippen LogP contribution < -0.4 is 0 Å². The van der Waals surface area contributed by atoms with Crippen LogP contribution in [0.15, 0.2) is 22.6 Å². The maximum Gasteiger partial charge on any atom is 0.222 e. The Morgan fingerprint density at radius 2 is 2.09 bits per heavy atom. The van der Waals surface area contributed by atoms with E-state index in [-0.39, 0.29) is 11.6 Å². The maximum absolute atomic E-state index is 12.3. The first-order valence-corrected chi connectivity index (χ1v) is 7.73. The summed E-state index contributed by atoms with van der Waals surface area (Å²) in [5.41, 5.74) is -0.360. The van der Waals surface area contributed by atoms with Gasteiger partial charge in [-0.25, -0.2) is 4.68 Å². The molecule has 3 rings (SSSR count). The summed E-state index contributed by atoms with van der Waals surface area (Å²) in [6, 6.07) is 0.349. The van der Waals surface area contributed by atoms with E-state index in [0.717, 1.165) is 32.4 Å². The van der Waals surface area contributed by atoms with Crippen molar-refractivity contribution in [1.82, 2.24) is 19.9 Å². The quantitative estimate of drug-likeness (QED) is 0.752. The molecule has 1 aromatic rings. The van der Waals surface area contributed by atoms with Crippen LogP contribution in [0.25, 0.3) is 0 Å². The van der Waals surface area contributed by atoms with Crippen LogP contribution in [0, 0.1) is 12.3 Å². The number of hydrogen-bond acceptors (Lipinski definition) is 5. The van der Waals surface area contributed by atoms with Crippen LogP contribution in [0.2, 0.25) is 0 Å². The molecule has 7 nitrogen and oxygen atoms in total. The fourth-order valence-corrected chi connectivity index (χ4v) is 2.93. The molecule has 0 aromatic carbocycles. The molecule has 2 aliphatic rings. The molecular weight excluding hydrogens is 280 g/mol. The van der Waals surface area contributed by atoms with Crippen LogP contribution in [0.1, 0.15) is 44.6 Å². The van der Waals surface area contributed by atoms with Gasteiger partial charge in [0.05, 0.1) is 12.2 Å². The molecule has 3 heterocycles. The van der Waals surface area contributed by atoms with Crippen LogP contribution in [0.5, 0.6) is 0 Å². The third-order valence-electron chi connectivity index (χ3n) is 4.42. The average molecular weight is 300 g/mol. The van der Waals surface area contributed by atoms with Gasteiger partial charge in [-0.05, 0) is 12.8 Å². The average Bonchev–Trinajstić information content (AvgIpc) is 3.11. The molecule has 0 N–H and O–H groups in total. The summed E-state index contributed by atoms with van der Waals surface area (Å²) in [5.74, 6) is 2.79. The highest BCUT2D eigenvalue weighted by atomic mass is 16.2. The molecule has 1 amide bonds. The molecule has 22 heavy (non-hydrogen) atoms. The van der Waals surface area contributed by atoms with Gasteiger partial charge in [-0.3, -0.25) is 4.79 Å². The summed E-state index contributed by atoms with van der Waals surface area (Å²) in [6.07, 6.45) is 13.3.